The molecule has 3 rings (SSSR count). The van der Waals surface area contributed by atoms with Crippen molar-refractivity contribution in [2.75, 3.05) is 19.6 Å². The number of hydrogen-bond acceptors (Lipinski definition) is 2. The predicted octanol–water partition coefficient (Wildman–Crippen LogP) is 4.02. The van der Waals surface area contributed by atoms with Gasteiger partial charge in [0.1, 0.15) is 5.82 Å². The Hall–Kier alpha value is -1.92. The molecule has 0 unspecified atom stereocenters. The predicted molar refractivity (Wildman–Crippen MR) is 88.4 cm³/mol. The molecule has 0 amide bonds. The van der Waals surface area contributed by atoms with Crippen molar-refractivity contribution in [2.24, 2.45) is 11.7 Å². The quantitative estimate of drug-likeness (QED) is 0.842. The Labute approximate surface area is 144 Å². The van der Waals surface area contributed by atoms with E-state index in [2.05, 4.69) is 0 Å². The summed E-state index contributed by atoms with van der Waals surface area (Å²) in [5.74, 6) is -0.197. The van der Waals surface area contributed by atoms with E-state index in [1.165, 1.54) is 0 Å². The van der Waals surface area contributed by atoms with E-state index >= 15 is 0 Å². The molecule has 2 atom stereocenters. The van der Waals surface area contributed by atoms with Gasteiger partial charge in [-0.2, -0.15) is 13.2 Å². The maximum Gasteiger partial charge on any atom is 0.416 e. The lowest BCUT2D eigenvalue weighted by Crippen LogP contribution is -2.23. The minimum absolute atomic E-state index is 0.0688. The lowest BCUT2D eigenvalue weighted by molar-refractivity contribution is -0.137. The average Bonchev–Trinajstić information content (AvgIpc) is 2.99. The Balaban J connectivity index is 1.78. The van der Waals surface area contributed by atoms with Gasteiger partial charge in [-0.15, -0.1) is 0 Å². The molecule has 2 aromatic carbocycles. The Bertz CT molecular complexity index is 715. The van der Waals surface area contributed by atoms with Crippen molar-refractivity contribution >= 4 is 0 Å². The van der Waals surface area contributed by atoms with Gasteiger partial charge in [-0.05, 0) is 36.2 Å². The average molecular weight is 352 g/mol. The third-order valence-corrected chi connectivity index (χ3v) is 4.81. The number of nitrogens with two attached hydrogens (primary N) is 1. The Morgan fingerprint density at radius 1 is 1.04 bits per heavy atom. The summed E-state index contributed by atoms with van der Waals surface area (Å²) in [6.45, 7) is 1.93. The van der Waals surface area contributed by atoms with Gasteiger partial charge in [-0.25, -0.2) is 4.39 Å². The smallest absolute Gasteiger partial charge is 0.330 e. The van der Waals surface area contributed by atoms with Crippen LogP contribution in [0.3, 0.4) is 0 Å². The van der Waals surface area contributed by atoms with Crippen molar-refractivity contribution in [1.82, 2.24) is 4.90 Å². The second-order valence-electron chi connectivity index (χ2n) is 6.51. The van der Waals surface area contributed by atoms with E-state index in [1.807, 2.05) is 35.2 Å². The molecule has 0 spiro atoms. The van der Waals surface area contributed by atoms with E-state index in [-0.39, 0.29) is 23.9 Å². The number of likely N-dealkylation sites (tertiary alicyclic amines) is 1. The Morgan fingerprint density at radius 2 is 1.76 bits per heavy atom. The third kappa shape index (κ3) is 4.02. The molecule has 1 aliphatic heterocycles. The number of nitrogens with zero attached hydrogens (tertiary/aromatic N) is 1. The van der Waals surface area contributed by atoms with Crippen LogP contribution in [0.1, 0.15) is 22.6 Å². The summed E-state index contributed by atoms with van der Waals surface area (Å²) < 4.78 is 52.6. The summed E-state index contributed by atoms with van der Waals surface area (Å²) in [6, 6.07) is 12.5. The maximum absolute atomic E-state index is 14.0. The molecule has 1 fully saturated rings. The summed E-state index contributed by atoms with van der Waals surface area (Å²) in [5, 5.41) is 0. The molecule has 0 aliphatic carbocycles. The number of hydrogen-bond donors (Lipinski definition) is 1. The molecule has 2 N–H and O–H groups in total. The lowest BCUT2D eigenvalue weighted by Gasteiger charge is -2.18. The van der Waals surface area contributed by atoms with Gasteiger partial charge in [0.25, 0.3) is 0 Å². The van der Waals surface area contributed by atoms with Crippen LogP contribution >= 0.6 is 0 Å². The molecule has 0 radical (unpaired) electrons. The van der Waals surface area contributed by atoms with E-state index < -0.39 is 17.6 Å². The fourth-order valence-electron chi connectivity index (χ4n) is 3.52. The first-order valence-electron chi connectivity index (χ1n) is 8.21. The van der Waals surface area contributed by atoms with E-state index in [9.17, 15) is 17.6 Å². The highest BCUT2D eigenvalue weighted by Crippen LogP contribution is 2.34. The van der Waals surface area contributed by atoms with Crippen molar-refractivity contribution in [3.05, 3.63) is 71.0 Å². The summed E-state index contributed by atoms with van der Waals surface area (Å²) >= 11 is 0. The molecule has 6 heteroatoms. The third-order valence-electron chi connectivity index (χ3n) is 4.81. The van der Waals surface area contributed by atoms with Crippen LogP contribution in [0.15, 0.2) is 48.5 Å². The van der Waals surface area contributed by atoms with Crippen molar-refractivity contribution in [1.29, 1.82) is 0 Å². The maximum atomic E-state index is 14.0. The van der Waals surface area contributed by atoms with Crippen molar-refractivity contribution < 1.29 is 17.6 Å². The van der Waals surface area contributed by atoms with Crippen LogP contribution in [0.5, 0.6) is 0 Å². The fourth-order valence-corrected chi connectivity index (χ4v) is 3.52. The minimum atomic E-state index is -4.47. The largest absolute Gasteiger partial charge is 0.416 e. The number of alkyl halides is 3. The first-order valence-corrected chi connectivity index (χ1v) is 8.21. The van der Waals surface area contributed by atoms with Gasteiger partial charge in [0, 0.05) is 31.1 Å². The Kier molecular flexibility index (Phi) is 5.11. The molecule has 1 heterocycles. The molecule has 25 heavy (non-hydrogen) atoms. The zero-order valence-corrected chi connectivity index (χ0v) is 13.6. The molecule has 2 aromatic rings. The van der Waals surface area contributed by atoms with Gasteiger partial charge in [0.2, 0.25) is 0 Å². The summed E-state index contributed by atoms with van der Waals surface area (Å²) in [7, 11) is 0. The standard InChI is InChI=1S/C19H20F4N2/c20-18-7-6-16(19(21,22)23)8-14(18)10-25-11-15(9-24)17(12-25)13-4-2-1-3-5-13/h1-8,15,17H,9-12,24H2/t15-,17+/m1/s1. The van der Waals surface area contributed by atoms with Gasteiger partial charge in [-0.1, -0.05) is 30.3 Å². The molecule has 1 aliphatic rings. The molecular weight excluding hydrogens is 332 g/mol. The highest BCUT2D eigenvalue weighted by molar-refractivity contribution is 5.28. The van der Waals surface area contributed by atoms with Gasteiger partial charge in [0.05, 0.1) is 5.56 Å². The van der Waals surface area contributed by atoms with Crippen molar-refractivity contribution in [3.8, 4) is 0 Å². The number of halogens is 4. The minimum Gasteiger partial charge on any atom is -0.330 e. The van der Waals surface area contributed by atoms with Crippen LogP contribution in [-0.2, 0) is 12.7 Å². The zero-order chi connectivity index (χ0) is 18.0. The van der Waals surface area contributed by atoms with Crippen LogP contribution < -0.4 is 5.73 Å². The van der Waals surface area contributed by atoms with Gasteiger partial charge in [-0.3, -0.25) is 4.90 Å². The second-order valence-corrected chi connectivity index (χ2v) is 6.51. The lowest BCUT2D eigenvalue weighted by atomic mass is 9.89. The van der Waals surface area contributed by atoms with Crippen LogP contribution in [0.2, 0.25) is 0 Å². The highest BCUT2D eigenvalue weighted by Gasteiger charge is 2.34. The van der Waals surface area contributed by atoms with Crippen molar-refractivity contribution in [2.45, 2.75) is 18.6 Å². The number of benzene rings is 2. The van der Waals surface area contributed by atoms with Crippen LogP contribution in [0.25, 0.3) is 0 Å². The molecule has 0 aromatic heterocycles. The molecule has 2 nitrogen and oxygen atoms in total. The van der Waals surface area contributed by atoms with Crippen LogP contribution in [0, 0.1) is 11.7 Å². The van der Waals surface area contributed by atoms with Crippen molar-refractivity contribution in [3.63, 3.8) is 0 Å². The summed E-state index contributed by atoms with van der Waals surface area (Å²) in [6.07, 6.45) is -4.47. The van der Waals surface area contributed by atoms with Crippen LogP contribution in [-0.4, -0.2) is 24.5 Å². The molecular formula is C19H20F4N2. The molecule has 1 saturated heterocycles. The number of rotatable bonds is 4. The normalized spacial score (nSPS) is 21.6. The fraction of sp³-hybridized carbons (Fsp3) is 0.368. The molecule has 134 valence electrons. The summed E-state index contributed by atoms with van der Waals surface area (Å²) in [4.78, 5) is 1.98. The topological polar surface area (TPSA) is 29.3 Å². The van der Waals surface area contributed by atoms with E-state index in [0.29, 0.717) is 19.6 Å². The Morgan fingerprint density at radius 3 is 2.40 bits per heavy atom. The van der Waals surface area contributed by atoms with E-state index in [0.717, 1.165) is 23.8 Å². The first kappa shape index (κ1) is 17.9. The van der Waals surface area contributed by atoms with Gasteiger partial charge in [0.15, 0.2) is 0 Å². The second kappa shape index (κ2) is 7.14. The molecule has 0 saturated carbocycles. The van der Waals surface area contributed by atoms with Crippen LogP contribution in [0.4, 0.5) is 17.6 Å². The van der Waals surface area contributed by atoms with Gasteiger partial charge >= 0.3 is 6.18 Å². The first-order chi connectivity index (χ1) is 11.9. The summed E-state index contributed by atoms with van der Waals surface area (Å²) in [5.41, 5.74) is 6.28. The zero-order valence-electron chi connectivity index (χ0n) is 13.6. The van der Waals surface area contributed by atoms with Gasteiger partial charge < -0.3 is 5.73 Å². The monoisotopic (exact) mass is 352 g/mol. The highest BCUT2D eigenvalue weighted by atomic mass is 19.4. The van der Waals surface area contributed by atoms with E-state index in [1.54, 1.807) is 0 Å². The van der Waals surface area contributed by atoms with E-state index in [4.69, 9.17) is 5.73 Å². The SMILES string of the molecule is NC[C@@H]1CN(Cc2cc(C(F)(F)F)ccc2F)C[C@H]1c1ccccc1. The molecule has 0 bridgehead atoms.